The van der Waals surface area contributed by atoms with Gasteiger partial charge in [-0.15, -0.1) is 0 Å². The van der Waals surface area contributed by atoms with Gasteiger partial charge in [0.2, 0.25) is 5.91 Å². The molecule has 0 aliphatic rings. The molecule has 5 nitrogen and oxygen atoms in total. The Morgan fingerprint density at radius 1 is 1.33 bits per heavy atom. The molecule has 0 atom stereocenters. The third-order valence-corrected chi connectivity index (χ3v) is 2.76. The molecule has 1 N–H and O–H groups in total. The van der Waals surface area contributed by atoms with E-state index in [-0.39, 0.29) is 17.1 Å². The van der Waals surface area contributed by atoms with Crippen molar-refractivity contribution in [2.24, 2.45) is 0 Å². The number of anilines is 1. The molecule has 21 heavy (non-hydrogen) atoms. The maximum absolute atomic E-state index is 12.3. The third kappa shape index (κ3) is 4.87. The van der Waals surface area contributed by atoms with Crippen molar-refractivity contribution in [2.45, 2.75) is 33.1 Å². The van der Waals surface area contributed by atoms with Crippen LogP contribution in [0.15, 0.2) is 30.9 Å². The molecular weight excluding hydrogens is 270 g/mol. The van der Waals surface area contributed by atoms with E-state index in [0.29, 0.717) is 12.1 Å². The van der Waals surface area contributed by atoms with Crippen molar-refractivity contribution < 1.29 is 19.1 Å². The van der Waals surface area contributed by atoms with Crippen LogP contribution < -0.4 is 10.1 Å². The number of rotatable bonds is 7. The van der Waals surface area contributed by atoms with Crippen molar-refractivity contribution in [1.29, 1.82) is 0 Å². The number of hydrogen-bond acceptors (Lipinski definition) is 4. The van der Waals surface area contributed by atoms with Gasteiger partial charge in [-0.05, 0) is 24.6 Å². The lowest BCUT2D eigenvalue weighted by molar-refractivity contribution is -0.131. The van der Waals surface area contributed by atoms with E-state index in [9.17, 15) is 14.4 Å². The average Bonchev–Trinajstić information content (AvgIpc) is 2.44. The number of carbonyl (C=O) groups is 3. The van der Waals surface area contributed by atoms with Crippen molar-refractivity contribution in [3.63, 3.8) is 0 Å². The molecule has 1 aromatic carbocycles. The summed E-state index contributed by atoms with van der Waals surface area (Å²) in [5.74, 6) is -0.968. The summed E-state index contributed by atoms with van der Waals surface area (Å²) >= 11 is 0. The minimum atomic E-state index is -0.522. The van der Waals surface area contributed by atoms with E-state index in [1.54, 1.807) is 12.1 Å². The van der Waals surface area contributed by atoms with Crippen molar-refractivity contribution in [3.05, 3.63) is 36.4 Å². The Morgan fingerprint density at radius 2 is 2.05 bits per heavy atom. The lowest BCUT2D eigenvalue weighted by Gasteiger charge is -2.13. The van der Waals surface area contributed by atoms with Crippen molar-refractivity contribution in [3.8, 4) is 5.75 Å². The number of nitrogens with one attached hydrogen (secondary N) is 1. The van der Waals surface area contributed by atoms with Crippen LogP contribution in [0.3, 0.4) is 0 Å². The van der Waals surface area contributed by atoms with Crippen molar-refractivity contribution in [2.75, 3.05) is 5.32 Å². The second kappa shape index (κ2) is 7.99. The average molecular weight is 289 g/mol. The Bertz CT molecular complexity index is 563. The Hall–Kier alpha value is -2.43. The van der Waals surface area contributed by atoms with E-state index in [4.69, 9.17) is 4.74 Å². The van der Waals surface area contributed by atoms with Gasteiger partial charge in [-0.3, -0.25) is 14.4 Å². The van der Waals surface area contributed by atoms with Gasteiger partial charge in [0, 0.05) is 13.3 Å². The molecule has 1 aromatic rings. The molecule has 0 heterocycles. The number of ether oxygens (including phenoxy) is 1. The van der Waals surface area contributed by atoms with E-state index < -0.39 is 11.9 Å². The first kappa shape index (κ1) is 16.6. The summed E-state index contributed by atoms with van der Waals surface area (Å²) in [7, 11) is 0. The fourth-order valence-electron chi connectivity index (χ4n) is 1.81. The number of benzene rings is 1. The summed E-state index contributed by atoms with van der Waals surface area (Å²) in [5.41, 5.74) is 0.538. The van der Waals surface area contributed by atoms with E-state index in [1.807, 2.05) is 6.92 Å². The van der Waals surface area contributed by atoms with Crippen LogP contribution >= 0.6 is 0 Å². The molecule has 0 aliphatic carbocycles. The van der Waals surface area contributed by atoms with Crippen molar-refractivity contribution in [1.82, 2.24) is 0 Å². The van der Waals surface area contributed by atoms with E-state index in [2.05, 4.69) is 11.9 Å². The molecule has 5 heteroatoms. The lowest BCUT2D eigenvalue weighted by atomic mass is 10.0. The summed E-state index contributed by atoms with van der Waals surface area (Å²) < 4.78 is 5.07. The Balaban J connectivity index is 3.22. The highest BCUT2D eigenvalue weighted by molar-refractivity contribution is 6.09. The van der Waals surface area contributed by atoms with Gasteiger partial charge in [0.1, 0.15) is 5.75 Å². The fraction of sp³-hybridized carbons (Fsp3) is 0.312. The normalized spacial score (nSPS) is 9.81. The number of esters is 1. The zero-order chi connectivity index (χ0) is 15.8. The standard InChI is InChI=1S/C16H19NO4/c1-4-6-9-13(19)16-12(17-15(20)5-2)8-7-10-14(16)21-11(3)18/h5,7-8,10H,2,4,6,9H2,1,3H3,(H,17,20). The number of hydrogen-bond donors (Lipinski definition) is 1. The molecule has 0 spiro atoms. The van der Waals surface area contributed by atoms with Gasteiger partial charge in [0.25, 0.3) is 0 Å². The van der Waals surface area contributed by atoms with Gasteiger partial charge >= 0.3 is 5.97 Å². The fourth-order valence-corrected chi connectivity index (χ4v) is 1.81. The van der Waals surface area contributed by atoms with Gasteiger partial charge < -0.3 is 10.1 Å². The number of Topliss-reactive ketones (excluding diaryl/α,β-unsaturated/α-hetero) is 1. The summed E-state index contributed by atoms with van der Waals surface area (Å²) in [6.07, 6.45) is 3.03. The topological polar surface area (TPSA) is 72.5 Å². The molecule has 0 aromatic heterocycles. The molecule has 0 saturated heterocycles. The Kier molecular flexibility index (Phi) is 6.33. The van der Waals surface area contributed by atoms with Gasteiger partial charge in [-0.1, -0.05) is 26.0 Å². The predicted octanol–water partition coefficient (Wildman–Crippen LogP) is 3.11. The molecule has 0 unspecified atom stereocenters. The van der Waals surface area contributed by atoms with Crippen LogP contribution in [0.4, 0.5) is 5.69 Å². The summed E-state index contributed by atoms with van der Waals surface area (Å²) in [6, 6.07) is 4.73. The minimum absolute atomic E-state index is 0.158. The summed E-state index contributed by atoms with van der Waals surface area (Å²) in [6.45, 7) is 6.61. The first-order valence-corrected chi connectivity index (χ1v) is 6.77. The Morgan fingerprint density at radius 3 is 2.62 bits per heavy atom. The number of carbonyl (C=O) groups excluding carboxylic acids is 3. The van der Waals surface area contributed by atoms with Crippen LogP contribution in [0, 0.1) is 0 Å². The van der Waals surface area contributed by atoms with E-state index in [1.165, 1.54) is 13.0 Å². The predicted molar refractivity (Wildman–Crippen MR) is 80.4 cm³/mol. The summed E-state index contributed by atoms with van der Waals surface area (Å²) in [5, 5.41) is 2.56. The second-order valence-corrected chi connectivity index (χ2v) is 4.49. The van der Waals surface area contributed by atoms with Crippen LogP contribution in [0.5, 0.6) is 5.75 Å². The van der Waals surface area contributed by atoms with Gasteiger partial charge in [-0.2, -0.15) is 0 Å². The number of unbranched alkanes of at least 4 members (excludes halogenated alkanes) is 1. The van der Waals surface area contributed by atoms with Crippen LogP contribution in [-0.2, 0) is 9.59 Å². The molecule has 0 aliphatic heterocycles. The zero-order valence-corrected chi connectivity index (χ0v) is 12.3. The lowest BCUT2D eigenvalue weighted by Crippen LogP contribution is -2.14. The molecule has 1 rings (SSSR count). The van der Waals surface area contributed by atoms with Gasteiger partial charge in [0.15, 0.2) is 5.78 Å². The molecule has 0 bridgehead atoms. The molecule has 1 amide bonds. The molecule has 0 fully saturated rings. The molecule has 0 radical (unpaired) electrons. The smallest absolute Gasteiger partial charge is 0.308 e. The first-order valence-electron chi connectivity index (χ1n) is 6.77. The van der Waals surface area contributed by atoms with E-state index >= 15 is 0 Å². The van der Waals surface area contributed by atoms with Crippen LogP contribution in [-0.4, -0.2) is 17.7 Å². The highest BCUT2D eigenvalue weighted by Crippen LogP contribution is 2.29. The molecular formula is C16H19NO4. The Labute approximate surface area is 124 Å². The van der Waals surface area contributed by atoms with Crippen LogP contribution in [0.2, 0.25) is 0 Å². The van der Waals surface area contributed by atoms with Crippen molar-refractivity contribution >= 4 is 23.3 Å². The quantitative estimate of drug-likeness (QED) is 0.362. The molecule has 112 valence electrons. The highest BCUT2D eigenvalue weighted by atomic mass is 16.5. The monoisotopic (exact) mass is 289 g/mol. The first-order chi connectivity index (χ1) is 9.99. The minimum Gasteiger partial charge on any atom is -0.426 e. The van der Waals surface area contributed by atoms with Crippen LogP contribution in [0.1, 0.15) is 43.5 Å². The van der Waals surface area contributed by atoms with Crippen LogP contribution in [0.25, 0.3) is 0 Å². The zero-order valence-electron chi connectivity index (χ0n) is 12.3. The third-order valence-electron chi connectivity index (χ3n) is 2.76. The summed E-state index contributed by atoms with van der Waals surface area (Å²) in [4.78, 5) is 34.9. The highest BCUT2D eigenvalue weighted by Gasteiger charge is 2.19. The largest absolute Gasteiger partial charge is 0.426 e. The number of ketones is 1. The molecule has 0 saturated carbocycles. The maximum Gasteiger partial charge on any atom is 0.308 e. The van der Waals surface area contributed by atoms with Gasteiger partial charge in [0.05, 0.1) is 11.3 Å². The number of amides is 1. The van der Waals surface area contributed by atoms with E-state index in [0.717, 1.165) is 18.9 Å². The maximum atomic E-state index is 12.3. The second-order valence-electron chi connectivity index (χ2n) is 4.49. The van der Waals surface area contributed by atoms with Gasteiger partial charge in [-0.25, -0.2) is 0 Å². The SMILES string of the molecule is C=CC(=O)Nc1cccc(OC(C)=O)c1C(=O)CCCC.